The number of nitrogens with zero attached hydrogens (tertiary/aromatic N) is 2. The number of allylic oxidation sites excluding steroid dienone is 1. The molecule has 1 aliphatic carbocycles. The zero-order chi connectivity index (χ0) is 19.1. The maximum atomic E-state index is 12.3. The average Bonchev–Trinajstić information content (AvgIpc) is 2.70. The van der Waals surface area contributed by atoms with Crippen LogP contribution in [0.1, 0.15) is 42.5 Å². The molecule has 0 unspecified atom stereocenters. The van der Waals surface area contributed by atoms with Crippen molar-refractivity contribution in [2.45, 2.75) is 32.1 Å². The van der Waals surface area contributed by atoms with E-state index in [-0.39, 0.29) is 5.91 Å². The summed E-state index contributed by atoms with van der Waals surface area (Å²) in [6.45, 7) is 0.683. The van der Waals surface area contributed by atoms with Crippen LogP contribution in [0.4, 0.5) is 17.2 Å². The molecule has 27 heavy (non-hydrogen) atoms. The highest BCUT2D eigenvalue weighted by Crippen LogP contribution is 2.20. The molecule has 0 aliphatic heterocycles. The van der Waals surface area contributed by atoms with Gasteiger partial charge in [0.1, 0.15) is 5.82 Å². The Bertz CT molecular complexity index is 779. The van der Waals surface area contributed by atoms with Gasteiger partial charge in [0, 0.05) is 38.2 Å². The Morgan fingerprint density at radius 2 is 1.93 bits per heavy atom. The third-order valence-electron chi connectivity index (χ3n) is 4.80. The van der Waals surface area contributed by atoms with E-state index in [9.17, 15) is 4.79 Å². The molecule has 3 rings (SSSR count). The number of anilines is 3. The number of carbonyl (C=O) groups excluding carboxylic acids is 1. The van der Waals surface area contributed by atoms with Crippen molar-refractivity contribution in [2.24, 2.45) is 0 Å². The predicted molar refractivity (Wildman–Crippen MR) is 112 cm³/mol. The van der Waals surface area contributed by atoms with Crippen LogP contribution in [0, 0.1) is 0 Å². The Labute approximate surface area is 161 Å². The second-order valence-electron chi connectivity index (χ2n) is 7.11. The van der Waals surface area contributed by atoms with Crippen LogP contribution < -0.4 is 15.5 Å². The molecule has 2 N–H and O–H groups in total. The fraction of sp³-hybridized carbons (Fsp3) is 0.364. The van der Waals surface area contributed by atoms with Crippen LogP contribution in [0.15, 0.2) is 54.2 Å². The number of pyridine rings is 1. The average molecular weight is 364 g/mol. The molecular weight excluding hydrogens is 336 g/mol. The monoisotopic (exact) mass is 364 g/mol. The molecule has 1 heterocycles. The lowest BCUT2D eigenvalue weighted by atomic mass is 9.97. The maximum absolute atomic E-state index is 12.3. The van der Waals surface area contributed by atoms with Crippen LogP contribution in [-0.4, -0.2) is 31.5 Å². The standard InChI is InChI=1S/C22H28N4O/c1-26(2)20-11-9-19(10-12-20)25-21-13-8-18(16-24-21)22(27)23-15-14-17-6-4-3-5-7-17/h6,8-13,16H,3-5,7,14-15H2,1-2H3,(H,23,27)(H,24,25). The fourth-order valence-electron chi connectivity index (χ4n) is 3.16. The SMILES string of the molecule is CN(C)c1ccc(Nc2ccc(C(=O)NCCC3=CCCCC3)cn2)cc1. The first kappa shape index (κ1) is 19.0. The molecule has 142 valence electrons. The minimum Gasteiger partial charge on any atom is -0.378 e. The van der Waals surface area contributed by atoms with E-state index in [1.54, 1.807) is 12.3 Å². The number of hydrogen-bond acceptors (Lipinski definition) is 4. The fourth-order valence-corrected chi connectivity index (χ4v) is 3.16. The van der Waals surface area contributed by atoms with Gasteiger partial charge in [-0.15, -0.1) is 0 Å². The second kappa shape index (κ2) is 9.21. The summed E-state index contributed by atoms with van der Waals surface area (Å²) in [6.07, 6.45) is 9.81. The molecule has 1 aromatic heterocycles. The van der Waals surface area contributed by atoms with Gasteiger partial charge in [-0.05, 0) is 68.5 Å². The minimum atomic E-state index is -0.0687. The lowest BCUT2D eigenvalue weighted by Gasteiger charge is -2.13. The Kier molecular flexibility index (Phi) is 6.47. The van der Waals surface area contributed by atoms with Crippen LogP contribution in [0.3, 0.4) is 0 Å². The van der Waals surface area contributed by atoms with Gasteiger partial charge in [0.2, 0.25) is 0 Å². The van der Waals surface area contributed by atoms with E-state index >= 15 is 0 Å². The van der Waals surface area contributed by atoms with Gasteiger partial charge in [-0.3, -0.25) is 4.79 Å². The summed E-state index contributed by atoms with van der Waals surface area (Å²) in [5.74, 6) is 0.650. The van der Waals surface area contributed by atoms with E-state index < -0.39 is 0 Å². The molecular formula is C22H28N4O. The molecule has 5 heteroatoms. The molecule has 1 amide bonds. The number of amides is 1. The van der Waals surface area contributed by atoms with Crippen LogP contribution >= 0.6 is 0 Å². The molecule has 0 bridgehead atoms. The highest BCUT2D eigenvalue weighted by molar-refractivity contribution is 5.94. The van der Waals surface area contributed by atoms with Crippen LogP contribution in [-0.2, 0) is 0 Å². The smallest absolute Gasteiger partial charge is 0.252 e. The Balaban J connectivity index is 1.50. The number of aromatic nitrogens is 1. The van der Waals surface area contributed by atoms with Crippen molar-refractivity contribution in [3.63, 3.8) is 0 Å². The van der Waals surface area contributed by atoms with E-state index in [1.165, 1.54) is 31.3 Å². The Morgan fingerprint density at radius 3 is 2.56 bits per heavy atom. The lowest BCUT2D eigenvalue weighted by molar-refractivity contribution is 0.0953. The molecule has 0 saturated heterocycles. The van der Waals surface area contributed by atoms with Gasteiger partial charge in [-0.25, -0.2) is 4.98 Å². The van der Waals surface area contributed by atoms with E-state index in [4.69, 9.17) is 0 Å². The zero-order valence-corrected chi connectivity index (χ0v) is 16.2. The predicted octanol–water partition coefficient (Wildman–Crippen LogP) is 4.51. The number of nitrogens with one attached hydrogen (secondary N) is 2. The van der Waals surface area contributed by atoms with Gasteiger partial charge in [0.25, 0.3) is 5.91 Å². The van der Waals surface area contributed by atoms with Gasteiger partial charge >= 0.3 is 0 Å². The van der Waals surface area contributed by atoms with Crippen molar-refractivity contribution in [1.82, 2.24) is 10.3 Å². The van der Waals surface area contributed by atoms with Crippen LogP contribution in [0.25, 0.3) is 0 Å². The maximum Gasteiger partial charge on any atom is 0.252 e. The Hall–Kier alpha value is -2.82. The van der Waals surface area contributed by atoms with Crippen molar-refractivity contribution in [3.8, 4) is 0 Å². The van der Waals surface area contributed by atoms with Gasteiger partial charge in [-0.2, -0.15) is 0 Å². The summed E-state index contributed by atoms with van der Waals surface area (Å²) < 4.78 is 0. The highest BCUT2D eigenvalue weighted by atomic mass is 16.1. The summed E-state index contributed by atoms with van der Waals surface area (Å²) in [5, 5.41) is 6.24. The van der Waals surface area contributed by atoms with E-state index in [0.717, 1.165) is 23.6 Å². The summed E-state index contributed by atoms with van der Waals surface area (Å²) in [6, 6.07) is 11.8. The number of rotatable bonds is 7. The molecule has 0 radical (unpaired) electrons. The van der Waals surface area contributed by atoms with Crippen LogP contribution in [0.2, 0.25) is 0 Å². The molecule has 0 saturated carbocycles. The first-order valence-corrected chi connectivity index (χ1v) is 9.58. The molecule has 0 fully saturated rings. The third kappa shape index (κ3) is 5.58. The van der Waals surface area contributed by atoms with Crippen molar-refractivity contribution in [1.29, 1.82) is 0 Å². The second-order valence-corrected chi connectivity index (χ2v) is 7.11. The highest BCUT2D eigenvalue weighted by Gasteiger charge is 2.08. The van der Waals surface area contributed by atoms with E-state index in [0.29, 0.717) is 12.1 Å². The summed E-state index contributed by atoms with van der Waals surface area (Å²) in [5.41, 5.74) is 4.16. The topological polar surface area (TPSA) is 57.3 Å². The van der Waals surface area contributed by atoms with Crippen molar-refractivity contribution >= 4 is 23.1 Å². The normalized spacial score (nSPS) is 13.6. The van der Waals surface area contributed by atoms with Crippen LogP contribution in [0.5, 0.6) is 0 Å². The molecule has 1 aromatic carbocycles. The summed E-state index contributed by atoms with van der Waals surface area (Å²) in [4.78, 5) is 18.7. The van der Waals surface area contributed by atoms with Gasteiger partial charge in [0.15, 0.2) is 0 Å². The van der Waals surface area contributed by atoms with Gasteiger partial charge < -0.3 is 15.5 Å². The molecule has 0 atom stereocenters. The number of carbonyl (C=O) groups is 1. The van der Waals surface area contributed by atoms with Gasteiger partial charge in [-0.1, -0.05) is 11.6 Å². The van der Waals surface area contributed by atoms with Crippen molar-refractivity contribution < 1.29 is 4.79 Å². The first-order valence-electron chi connectivity index (χ1n) is 9.58. The number of hydrogen-bond donors (Lipinski definition) is 2. The lowest BCUT2D eigenvalue weighted by Crippen LogP contribution is -2.25. The quantitative estimate of drug-likeness (QED) is 0.710. The van der Waals surface area contributed by atoms with E-state index in [1.807, 2.05) is 44.4 Å². The Morgan fingerprint density at radius 1 is 1.11 bits per heavy atom. The first-order chi connectivity index (χ1) is 13.1. The molecule has 1 aliphatic rings. The molecule has 2 aromatic rings. The van der Waals surface area contributed by atoms with E-state index in [2.05, 4.69) is 26.6 Å². The molecule has 5 nitrogen and oxygen atoms in total. The zero-order valence-electron chi connectivity index (χ0n) is 16.2. The van der Waals surface area contributed by atoms with Crippen molar-refractivity contribution in [2.75, 3.05) is 30.9 Å². The summed E-state index contributed by atoms with van der Waals surface area (Å²) >= 11 is 0. The minimum absolute atomic E-state index is 0.0687. The molecule has 0 spiro atoms. The van der Waals surface area contributed by atoms with Crippen molar-refractivity contribution in [3.05, 3.63) is 59.8 Å². The largest absolute Gasteiger partial charge is 0.378 e. The summed E-state index contributed by atoms with van der Waals surface area (Å²) in [7, 11) is 4.03. The number of benzene rings is 1. The van der Waals surface area contributed by atoms with Gasteiger partial charge in [0.05, 0.1) is 5.56 Å². The third-order valence-corrected chi connectivity index (χ3v) is 4.80.